The molecular formula is C15H33N5O3S. The summed E-state index contributed by atoms with van der Waals surface area (Å²) in [6.45, 7) is 7.95. The van der Waals surface area contributed by atoms with Crippen molar-refractivity contribution in [3.63, 3.8) is 0 Å². The van der Waals surface area contributed by atoms with Crippen molar-refractivity contribution in [2.24, 2.45) is 4.99 Å². The summed E-state index contributed by atoms with van der Waals surface area (Å²) in [5.41, 5.74) is -0.589. The molecule has 1 rings (SSSR count). The van der Waals surface area contributed by atoms with Crippen LogP contribution >= 0.6 is 0 Å². The maximum atomic E-state index is 11.4. The lowest BCUT2D eigenvalue weighted by Crippen LogP contribution is -2.55. The van der Waals surface area contributed by atoms with Gasteiger partial charge < -0.3 is 20.3 Å². The number of methoxy groups -OCH3 is 1. The molecule has 1 aliphatic heterocycles. The summed E-state index contributed by atoms with van der Waals surface area (Å²) in [6.07, 6.45) is 3.27. The van der Waals surface area contributed by atoms with Crippen LogP contribution in [-0.4, -0.2) is 84.1 Å². The van der Waals surface area contributed by atoms with E-state index in [2.05, 4.69) is 25.2 Å². The molecular weight excluding hydrogens is 330 g/mol. The molecule has 0 radical (unpaired) electrons. The van der Waals surface area contributed by atoms with Crippen molar-refractivity contribution in [3.05, 3.63) is 0 Å². The highest BCUT2D eigenvalue weighted by molar-refractivity contribution is 7.88. The quantitative estimate of drug-likeness (QED) is 0.401. The summed E-state index contributed by atoms with van der Waals surface area (Å²) in [5, 5.41) is 6.62. The van der Waals surface area contributed by atoms with Gasteiger partial charge in [-0.25, -0.2) is 13.1 Å². The fraction of sp³-hybridized carbons (Fsp3) is 0.933. The lowest BCUT2D eigenvalue weighted by atomic mass is 10.1. The van der Waals surface area contributed by atoms with Crippen molar-refractivity contribution < 1.29 is 13.2 Å². The highest BCUT2D eigenvalue weighted by atomic mass is 32.2. The van der Waals surface area contributed by atoms with Gasteiger partial charge in [-0.1, -0.05) is 0 Å². The summed E-state index contributed by atoms with van der Waals surface area (Å²) >= 11 is 0. The molecule has 142 valence electrons. The predicted molar refractivity (Wildman–Crippen MR) is 97.9 cm³/mol. The SMILES string of the molecule is CN=C(NCC(C)(C)NS(C)(=O)=O)NC1CCN(CCOC)CC1. The van der Waals surface area contributed by atoms with E-state index in [-0.39, 0.29) is 0 Å². The molecule has 0 saturated carbocycles. The third kappa shape index (κ3) is 8.81. The molecule has 9 heteroatoms. The Morgan fingerprint density at radius 2 is 1.96 bits per heavy atom. The average Bonchev–Trinajstić information content (AvgIpc) is 2.48. The first-order chi connectivity index (χ1) is 11.1. The minimum Gasteiger partial charge on any atom is -0.383 e. The summed E-state index contributed by atoms with van der Waals surface area (Å²) in [6, 6.07) is 0.376. The van der Waals surface area contributed by atoms with E-state index in [0.29, 0.717) is 18.5 Å². The number of hydrogen-bond donors (Lipinski definition) is 3. The number of ether oxygens (including phenoxy) is 1. The van der Waals surface area contributed by atoms with Gasteiger partial charge in [0.15, 0.2) is 5.96 Å². The van der Waals surface area contributed by atoms with Gasteiger partial charge in [0.25, 0.3) is 0 Å². The molecule has 1 saturated heterocycles. The van der Waals surface area contributed by atoms with Gasteiger partial charge in [0.05, 0.1) is 12.9 Å². The van der Waals surface area contributed by atoms with Crippen molar-refractivity contribution >= 4 is 16.0 Å². The summed E-state index contributed by atoms with van der Waals surface area (Å²) in [7, 11) is 0.205. The van der Waals surface area contributed by atoms with Crippen LogP contribution in [0.2, 0.25) is 0 Å². The largest absolute Gasteiger partial charge is 0.383 e. The van der Waals surface area contributed by atoms with Crippen molar-refractivity contribution in [1.82, 2.24) is 20.3 Å². The van der Waals surface area contributed by atoms with Gasteiger partial charge in [-0.3, -0.25) is 4.99 Å². The van der Waals surface area contributed by atoms with Crippen LogP contribution in [0.1, 0.15) is 26.7 Å². The van der Waals surface area contributed by atoms with Crippen LogP contribution in [0.15, 0.2) is 4.99 Å². The zero-order chi connectivity index (χ0) is 18.2. The molecule has 0 spiro atoms. The first-order valence-corrected chi connectivity index (χ1v) is 10.2. The molecule has 0 aromatic rings. The molecule has 8 nitrogen and oxygen atoms in total. The third-order valence-electron chi connectivity index (χ3n) is 3.92. The van der Waals surface area contributed by atoms with E-state index >= 15 is 0 Å². The Balaban J connectivity index is 2.38. The highest BCUT2D eigenvalue weighted by Crippen LogP contribution is 2.10. The fourth-order valence-corrected chi connectivity index (χ4v) is 3.83. The van der Waals surface area contributed by atoms with Gasteiger partial charge in [-0.05, 0) is 26.7 Å². The Hall–Kier alpha value is -0.900. The molecule has 1 fully saturated rings. The van der Waals surface area contributed by atoms with Crippen LogP contribution < -0.4 is 15.4 Å². The molecule has 0 aromatic carbocycles. The first-order valence-electron chi connectivity index (χ1n) is 8.32. The molecule has 0 unspecified atom stereocenters. The standard InChI is InChI=1S/C15H33N5O3S/c1-15(2,19-24(5,21)22)12-17-14(16-3)18-13-6-8-20(9-7-13)10-11-23-4/h13,19H,6-12H2,1-5H3,(H2,16,17,18). The Morgan fingerprint density at radius 1 is 1.33 bits per heavy atom. The topological polar surface area (TPSA) is 95.1 Å². The lowest BCUT2D eigenvalue weighted by molar-refractivity contribution is 0.128. The fourth-order valence-electron chi connectivity index (χ4n) is 2.75. The van der Waals surface area contributed by atoms with E-state index in [9.17, 15) is 8.42 Å². The normalized spacial score (nSPS) is 18.6. The Morgan fingerprint density at radius 3 is 2.46 bits per heavy atom. The van der Waals surface area contributed by atoms with Gasteiger partial charge in [-0.15, -0.1) is 0 Å². The Kier molecular flexibility index (Phi) is 8.41. The second-order valence-electron chi connectivity index (χ2n) is 6.94. The zero-order valence-corrected chi connectivity index (χ0v) is 16.4. The molecule has 0 bridgehead atoms. The number of sulfonamides is 1. The number of aliphatic imine (C=N–C) groups is 1. The minimum atomic E-state index is -3.24. The summed E-state index contributed by atoms with van der Waals surface area (Å²) < 4.78 is 30.5. The second-order valence-corrected chi connectivity index (χ2v) is 8.69. The lowest BCUT2D eigenvalue weighted by Gasteiger charge is -2.33. The first kappa shape index (κ1) is 21.1. The number of hydrogen-bond acceptors (Lipinski definition) is 5. The number of nitrogens with zero attached hydrogens (tertiary/aromatic N) is 2. The van der Waals surface area contributed by atoms with Crippen LogP contribution in [0, 0.1) is 0 Å². The molecule has 0 aromatic heterocycles. The average molecular weight is 364 g/mol. The molecule has 24 heavy (non-hydrogen) atoms. The minimum absolute atomic E-state index is 0.376. The Bertz CT molecular complexity index is 499. The maximum Gasteiger partial charge on any atom is 0.209 e. The van der Waals surface area contributed by atoms with E-state index in [4.69, 9.17) is 4.74 Å². The highest BCUT2D eigenvalue weighted by Gasteiger charge is 2.24. The number of piperidine rings is 1. The predicted octanol–water partition coefficient (Wildman–Crippen LogP) is -0.410. The van der Waals surface area contributed by atoms with E-state index in [1.165, 1.54) is 6.26 Å². The summed E-state index contributed by atoms with van der Waals surface area (Å²) in [4.78, 5) is 6.63. The van der Waals surface area contributed by atoms with Gasteiger partial charge in [0.2, 0.25) is 10.0 Å². The van der Waals surface area contributed by atoms with E-state index < -0.39 is 15.6 Å². The number of likely N-dealkylation sites (tertiary alicyclic amines) is 1. The molecule has 1 aliphatic rings. The molecule has 3 N–H and O–H groups in total. The van der Waals surface area contributed by atoms with Crippen LogP contribution in [0.4, 0.5) is 0 Å². The monoisotopic (exact) mass is 363 g/mol. The van der Waals surface area contributed by atoms with Crippen LogP contribution in [-0.2, 0) is 14.8 Å². The van der Waals surface area contributed by atoms with Crippen molar-refractivity contribution in [3.8, 4) is 0 Å². The number of nitrogens with one attached hydrogen (secondary N) is 3. The van der Waals surface area contributed by atoms with Crippen molar-refractivity contribution in [2.75, 3.05) is 53.2 Å². The number of rotatable bonds is 8. The van der Waals surface area contributed by atoms with Gasteiger partial charge in [0.1, 0.15) is 0 Å². The molecule has 0 aliphatic carbocycles. The Labute approximate surface area is 146 Å². The molecule has 0 amide bonds. The van der Waals surface area contributed by atoms with Crippen molar-refractivity contribution in [2.45, 2.75) is 38.3 Å². The zero-order valence-electron chi connectivity index (χ0n) is 15.6. The van der Waals surface area contributed by atoms with Crippen LogP contribution in [0.5, 0.6) is 0 Å². The molecule has 1 heterocycles. The van der Waals surface area contributed by atoms with Crippen molar-refractivity contribution in [1.29, 1.82) is 0 Å². The van der Waals surface area contributed by atoms with E-state index in [1.807, 2.05) is 13.8 Å². The second kappa shape index (κ2) is 9.55. The number of guanidine groups is 1. The summed E-state index contributed by atoms with van der Waals surface area (Å²) in [5.74, 6) is 0.703. The third-order valence-corrected chi connectivity index (χ3v) is 4.85. The smallest absolute Gasteiger partial charge is 0.209 e. The maximum absolute atomic E-state index is 11.4. The van der Waals surface area contributed by atoms with E-state index in [0.717, 1.165) is 39.1 Å². The van der Waals surface area contributed by atoms with Crippen LogP contribution in [0.3, 0.4) is 0 Å². The van der Waals surface area contributed by atoms with E-state index in [1.54, 1.807) is 14.2 Å². The molecule has 0 atom stereocenters. The van der Waals surface area contributed by atoms with Gasteiger partial charge in [0, 0.05) is 51.9 Å². The van der Waals surface area contributed by atoms with Gasteiger partial charge >= 0.3 is 0 Å². The van der Waals surface area contributed by atoms with Gasteiger partial charge in [-0.2, -0.15) is 0 Å². The van der Waals surface area contributed by atoms with Crippen LogP contribution in [0.25, 0.3) is 0 Å².